The molecule has 1 rings (SSSR count). The predicted molar refractivity (Wildman–Crippen MR) is 61.9 cm³/mol. The van der Waals surface area contributed by atoms with Gasteiger partial charge < -0.3 is 4.74 Å². The first-order chi connectivity index (χ1) is 6.95. The van der Waals surface area contributed by atoms with Crippen molar-refractivity contribution in [2.75, 3.05) is 6.61 Å². The predicted octanol–water partition coefficient (Wildman–Crippen LogP) is 3.29. The van der Waals surface area contributed by atoms with Crippen molar-refractivity contribution in [2.24, 2.45) is 0 Å². The largest absolute Gasteiger partial charge is 0.494 e. The van der Waals surface area contributed by atoms with Crippen LogP contribution in [0.15, 0.2) is 24.3 Å². The highest BCUT2D eigenvalue weighted by Gasteiger charge is 2.25. The van der Waals surface area contributed by atoms with E-state index in [0.717, 1.165) is 5.75 Å². The van der Waals surface area contributed by atoms with Crippen LogP contribution in [0.5, 0.6) is 5.75 Å². The third-order valence-electron chi connectivity index (χ3n) is 1.97. The third kappa shape index (κ3) is 3.24. The van der Waals surface area contributed by atoms with Crippen LogP contribution in [-0.4, -0.2) is 17.3 Å². The SMILES string of the molecule is CCOc1ccc(C(=O)C(C)(C)Cl)cc1. The lowest BCUT2D eigenvalue weighted by atomic mass is 10.0. The standard InChI is InChI=1S/C12H15ClO2/c1-4-15-10-7-5-9(6-8-10)11(14)12(2,3)13/h5-8H,4H2,1-3H3. The van der Waals surface area contributed by atoms with Crippen LogP contribution in [-0.2, 0) is 0 Å². The van der Waals surface area contributed by atoms with E-state index in [0.29, 0.717) is 12.2 Å². The molecule has 0 saturated carbocycles. The number of carbonyl (C=O) groups is 1. The van der Waals surface area contributed by atoms with Crippen LogP contribution in [0.4, 0.5) is 0 Å². The normalized spacial score (nSPS) is 11.2. The van der Waals surface area contributed by atoms with Gasteiger partial charge in [0.2, 0.25) is 0 Å². The maximum atomic E-state index is 11.8. The lowest BCUT2D eigenvalue weighted by Gasteiger charge is -2.14. The highest BCUT2D eigenvalue weighted by Crippen LogP contribution is 2.21. The monoisotopic (exact) mass is 226 g/mol. The molecule has 0 fully saturated rings. The van der Waals surface area contributed by atoms with Crippen LogP contribution in [0.1, 0.15) is 31.1 Å². The van der Waals surface area contributed by atoms with Gasteiger partial charge in [-0.3, -0.25) is 4.79 Å². The van der Waals surface area contributed by atoms with E-state index in [2.05, 4.69) is 0 Å². The number of hydrogen-bond donors (Lipinski definition) is 0. The van der Waals surface area contributed by atoms with E-state index in [4.69, 9.17) is 16.3 Å². The van der Waals surface area contributed by atoms with Crippen LogP contribution in [0.25, 0.3) is 0 Å². The molecule has 3 heteroatoms. The van der Waals surface area contributed by atoms with Crippen LogP contribution in [0, 0.1) is 0 Å². The Kier molecular flexibility index (Phi) is 3.75. The third-order valence-corrected chi connectivity index (χ3v) is 2.14. The van der Waals surface area contributed by atoms with Gasteiger partial charge in [0.15, 0.2) is 5.78 Å². The quantitative estimate of drug-likeness (QED) is 0.582. The molecular formula is C12H15ClO2. The topological polar surface area (TPSA) is 26.3 Å². The molecule has 0 aromatic heterocycles. The van der Waals surface area contributed by atoms with Gasteiger partial charge >= 0.3 is 0 Å². The molecule has 0 aliphatic rings. The van der Waals surface area contributed by atoms with Crippen molar-refractivity contribution >= 4 is 17.4 Å². The van der Waals surface area contributed by atoms with E-state index in [9.17, 15) is 4.79 Å². The number of rotatable bonds is 4. The molecule has 82 valence electrons. The Hall–Kier alpha value is -1.02. The zero-order chi connectivity index (χ0) is 11.5. The summed E-state index contributed by atoms with van der Waals surface area (Å²) in [7, 11) is 0. The fourth-order valence-corrected chi connectivity index (χ4v) is 1.32. The molecule has 0 spiro atoms. The second-order valence-corrected chi connectivity index (χ2v) is 4.70. The van der Waals surface area contributed by atoms with Crippen molar-refractivity contribution in [2.45, 2.75) is 25.6 Å². The molecule has 2 nitrogen and oxygen atoms in total. The minimum absolute atomic E-state index is 0.0767. The number of hydrogen-bond acceptors (Lipinski definition) is 2. The van der Waals surface area contributed by atoms with Crippen LogP contribution < -0.4 is 4.74 Å². The lowest BCUT2D eigenvalue weighted by Crippen LogP contribution is -2.24. The molecule has 0 aliphatic heterocycles. The summed E-state index contributed by atoms with van der Waals surface area (Å²) in [6, 6.07) is 7.02. The first-order valence-corrected chi connectivity index (χ1v) is 5.29. The lowest BCUT2D eigenvalue weighted by molar-refractivity contribution is 0.0954. The maximum absolute atomic E-state index is 11.8. The molecule has 0 atom stereocenters. The zero-order valence-electron chi connectivity index (χ0n) is 9.21. The Morgan fingerprint density at radius 1 is 1.33 bits per heavy atom. The van der Waals surface area contributed by atoms with Crippen LogP contribution in [0.2, 0.25) is 0 Å². The Balaban J connectivity index is 2.85. The zero-order valence-corrected chi connectivity index (χ0v) is 9.97. The van der Waals surface area contributed by atoms with Crippen molar-refractivity contribution in [3.05, 3.63) is 29.8 Å². The van der Waals surface area contributed by atoms with Gasteiger partial charge in [0.25, 0.3) is 0 Å². The van der Waals surface area contributed by atoms with Crippen LogP contribution >= 0.6 is 11.6 Å². The van der Waals surface area contributed by atoms with Gasteiger partial charge in [-0.2, -0.15) is 0 Å². The molecule has 0 radical (unpaired) electrons. The first-order valence-electron chi connectivity index (χ1n) is 4.91. The fourth-order valence-electron chi connectivity index (χ4n) is 1.21. The molecule has 0 bridgehead atoms. The van der Waals surface area contributed by atoms with Gasteiger partial charge in [-0.05, 0) is 45.0 Å². The highest BCUT2D eigenvalue weighted by atomic mass is 35.5. The number of ketones is 1. The average Bonchev–Trinajstić information content (AvgIpc) is 2.17. The molecule has 0 heterocycles. The van der Waals surface area contributed by atoms with E-state index in [-0.39, 0.29) is 5.78 Å². The van der Waals surface area contributed by atoms with E-state index in [1.165, 1.54) is 0 Å². The van der Waals surface area contributed by atoms with Crippen molar-refractivity contribution in [3.8, 4) is 5.75 Å². The van der Waals surface area contributed by atoms with Crippen molar-refractivity contribution < 1.29 is 9.53 Å². The number of halogens is 1. The van der Waals surface area contributed by atoms with E-state index in [1.807, 2.05) is 6.92 Å². The number of Topliss-reactive ketones (excluding diaryl/α,β-unsaturated/α-hetero) is 1. The van der Waals surface area contributed by atoms with Crippen molar-refractivity contribution in [1.29, 1.82) is 0 Å². The van der Waals surface area contributed by atoms with Crippen LogP contribution in [0.3, 0.4) is 0 Å². The maximum Gasteiger partial charge on any atom is 0.183 e. The number of benzene rings is 1. The summed E-state index contributed by atoms with van der Waals surface area (Å²) in [6.45, 7) is 5.91. The fraction of sp³-hybridized carbons (Fsp3) is 0.417. The minimum Gasteiger partial charge on any atom is -0.494 e. The summed E-state index contributed by atoms with van der Waals surface area (Å²) in [5.41, 5.74) is 0.610. The summed E-state index contributed by atoms with van der Waals surface area (Å²) in [6.07, 6.45) is 0. The summed E-state index contributed by atoms with van der Waals surface area (Å²) in [5.74, 6) is 0.689. The summed E-state index contributed by atoms with van der Waals surface area (Å²) < 4.78 is 5.28. The minimum atomic E-state index is -0.854. The second kappa shape index (κ2) is 4.67. The molecule has 15 heavy (non-hydrogen) atoms. The number of carbonyl (C=O) groups excluding carboxylic acids is 1. The molecule has 0 amide bonds. The van der Waals surface area contributed by atoms with Gasteiger partial charge in [0.05, 0.1) is 6.61 Å². The molecule has 0 aliphatic carbocycles. The molecule has 0 N–H and O–H groups in total. The average molecular weight is 227 g/mol. The molecule has 0 unspecified atom stereocenters. The number of ether oxygens (including phenoxy) is 1. The van der Waals surface area contributed by atoms with E-state index >= 15 is 0 Å². The first kappa shape index (κ1) is 12.1. The Bertz CT molecular complexity index is 336. The molecule has 0 saturated heterocycles. The molecule has 1 aromatic carbocycles. The molecular weight excluding hydrogens is 212 g/mol. The van der Waals surface area contributed by atoms with Gasteiger partial charge in [0.1, 0.15) is 10.6 Å². The molecule has 1 aromatic rings. The Morgan fingerprint density at radius 2 is 1.87 bits per heavy atom. The van der Waals surface area contributed by atoms with Gasteiger partial charge in [-0.15, -0.1) is 11.6 Å². The summed E-state index contributed by atoms with van der Waals surface area (Å²) in [5, 5.41) is 0. The van der Waals surface area contributed by atoms with E-state index < -0.39 is 4.87 Å². The Morgan fingerprint density at radius 3 is 2.27 bits per heavy atom. The van der Waals surface area contributed by atoms with Gasteiger partial charge in [0, 0.05) is 5.56 Å². The van der Waals surface area contributed by atoms with Gasteiger partial charge in [-0.1, -0.05) is 0 Å². The second-order valence-electron chi connectivity index (χ2n) is 3.76. The van der Waals surface area contributed by atoms with Crippen molar-refractivity contribution in [1.82, 2.24) is 0 Å². The van der Waals surface area contributed by atoms with Crippen molar-refractivity contribution in [3.63, 3.8) is 0 Å². The highest BCUT2D eigenvalue weighted by molar-refractivity contribution is 6.37. The van der Waals surface area contributed by atoms with Gasteiger partial charge in [-0.25, -0.2) is 0 Å². The van der Waals surface area contributed by atoms with E-state index in [1.54, 1.807) is 38.1 Å². The number of alkyl halides is 1. The smallest absolute Gasteiger partial charge is 0.183 e. The Labute approximate surface area is 95.2 Å². The summed E-state index contributed by atoms with van der Waals surface area (Å²) >= 11 is 5.94. The summed E-state index contributed by atoms with van der Waals surface area (Å²) in [4.78, 5) is 10.9.